The van der Waals surface area contributed by atoms with Gasteiger partial charge in [-0.05, 0) is 34.1 Å². The third-order valence-electron chi connectivity index (χ3n) is 1.74. The fourth-order valence-corrected chi connectivity index (χ4v) is 2.57. The van der Waals surface area contributed by atoms with Crippen molar-refractivity contribution < 1.29 is 20.9 Å². The molecule has 0 fully saturated rings. The highest BCUT2D eigenvalue weighted by atomic mass is 31.2. The molecule has 0 saturated carbocycles. The molecular formula is C12H27O4P. The molecule has 0 radical (unpaired) electrons. The Kier molecular flexibility index (Phi) is 7.24. The third-order valence-corrected chi connectivity index (χ3v) is 3.45. The van der Waals surface area contributed by atoms with E-state index in [0.717, 1.165) is 12.8 Å². The highest BCUT2D eigenvalue weighted by molar-refractivity contribution is 7.48. The minimum Gasteiger partial charge on any atom is -0.287 e. The first kappa shape index (κ1) is 13.5. The molecule has 0 aromatic heterocycles. The standard InChI is InChI=1S/C12H27O4P/c1-6-7-8-9-10-14-17(13,15-11(2)3)16-12(4)5/h11-12H,6-10H2,1-5H3/i10D2. The van der Waals surface area contributed by atoms with Crippen LogP contribution in [0.4, 0.5) is 0 Å². The molecule has 0 aliphatic heterocycles. The SMILES string of the molecule is [2H]C([2H])(CCCCC)OP(=O)(OC(C)C)OC(C)C. The lowest BCUT2D eigenvalue weighted by molar-refractivity contribution is 0.0713. The Morgan fingerprint density at radius 1 is 1.06 bits per heavy atom. The predicted octanol–water partition coefficient (Wildman–Crippen LogP) is 4.54. The van der Waals surface area contributed by atoms with Gasteiger partial charge in [-0.3, -0.25) is 13.6 Å². The van der Waals surface area contributed by atoms with Crippen molar-refractivity contribution in [1.82, 2.24) is 0 Å². The van der Waals surface area contributed by atoms with E-state index in [1.54, 1.807) is 27.7 Å². The van der Waals surface area contributed by atoms with Gasteiger partial charge in [-0.1, -0.05) is 26.2 Å². The van der Waals surface area contributed by atoms with Crippen molar-refractivity contribution in [3.05, 3.63) is 0 Å². The van der Waals surface area contributed by atoms with Gasteiger partial charge in [-0.25, -0.2) is 4.57 Å². The van der Waals surface area contributed by atoms with Gasteiger partial charge < -0.3 is 0 Å². The molecule has 5 heteroatoms. The molecule has 0 bridgehead atoms. The number of phosphoric acid groups is 1. The van der Waals surface area contributed by atoms with Gasteiger partial charge in [0.15, 0.2) is 0 Å². The first-order chi connectivity index (χ1) is 8.60. The number of phosphoric ester groups is 1. The molecular weight excluding hydrogens is 239 g/mol. The number of hydrogen-bond acceptors (Lipinski definition) is 4. The van der Waals surface area contributed by atoms with Crippen molar-refractivity contribution >= 4 is 7.82 Å². The zero-order valence-electron chi connectivity index (χ0n) is 13.6. The zero-order valence-corrected chi connectivity index (χ0v) is 12.5. The second-order valence-electron chi connectivity index (χ2n) is 4.45. The van der Waals surface area contributed by atoms with Gasteiger partial charge in [0.2, 0.25) is 0 Å². The van der Waals surface area contributed by atoms with Gasteiger partial charge in [-0.15, -0.1) is 0 Å². The summed E-state index contributed by atoms with van der Waals surface area (Å²) in [5.41, 5.74) is 0. The molecule has 0 aromatic carbocycles. The molecule has 0 saturated heterocycles. The van der Waals surface area contributed by atoms with Crippen LogP contribution in [0.25, 0.3) is 0 Å². The quantitative estimate of drug-likeness (QED) is 0.431. The summed E-state index contributed by atoms with van der Waals surface area (Å²) in [4.78, 5) is 0. The molecule has 17 heavy (non-hydrogen) atoms. The molecule has 0 N–H and O–H groups in total. The predicted molar refractivity (Wildman–Crippen MR) is 70.1 cm³/mol. The largest absolute Gasteiger partial charge is 0.475 e. The Morgan fingerprint density at radius 3 is 2.00 bits per heavy atom. The molecule has 0 atom stereocenters. The minimum atomic E-state index is -3.88. The van der Waals surface area contributed by atoms with E-state index in [1.165, 1.54) is 0 Å². The third kappa shape index (κ3) is 9.78. The van der Waals surface area contributed by atoms with Crippen molar-refractivity contribution in [2.45, 2.75) is 72.5 Å². The average Bonchev–Trinajstić information content (AvgIpc) is 2.12. The summed E-state index contributed by atoms with van der Waals surface area (Å²) in [6, 6.07) is 0. The van der Waals surface area contributed by atoms with Crippen LogP contribution in [0.2, 0.25) is 0 Å². The molecule has 0 aliphatic carbocycles. The smallest absolute Gasteiger partial charge is 0.287 e. The zero-order chi connectivity index (χ0) is 15.1. The van der Waals surface area contributed by atoms with Crippen LogP contribution in [-0.4, -0.2) is 18.8 Å². The maximum absolute atomic E-state index is 12.4. The van der Waals surface area contributed by atoms with Crippen molar-refractivity contribution in [3.63, 3.8) is 0 Å². The van der Waals surface area contributed by atoms with Crippen LogP contribution in [0, 0.1) is 0 Å². The van der Waals surface area contributed by atoms with Crippen LogP contribution in [-0.2, 0) is 18.1 Å². The maximum Gasteiger partial charge on any atom is 0.475 e. The molecule has 0 rings (SSSR count). The molecule has 0 amide bonds. The van der Waals surface area contributed by atoms with Gasteiger partial charge in [0, 0.05) is 0 Å². The topological polar surface area (TPSA) is 44.8 Å². The van der Waals surface area contributed by atoms with Crippen LogP contribution in [0.15, 0.2) is 0 Å². The Bertz CT molecular complexity index is 281. The fraction of sp³-hybridized carbons (Fsp3) is 1.00. The minimum absolute atomic E-state index is 0.174. The van der Waals surface area contributed by atoms with Crippen molar-refractivity contribution in [2.24, 2.45) is 0 Å². The monoisotopic (exact) mass is 268 g/mol. The Balaban J connectivity index is 4.65. The van der Waals surface area contributed by atoms with E-state index in [2.05, 4.69) is 0 Å². The summed E-state index contributed by atoms with van der Waals surface area (Å²) in [6.45, 7) is 6.83. The van der Waals surface area contributed by atoms with Crippen molar-refractivity contribution in [1.29, 1.82) is 0 Å². The molecule has 0 aromatic rings. The molecule has 0 heterocycles. The number of hydrogen-bond donors (Lipinski definition) is 0. The van der Waals surface area contributed by atoms with Crippen LogP contribution >= 0.6 is 7.82 Å². The van der Waals surface area contributed by atoms with Crippen LogP contribution < -0.4 is 0 Å². The summed E-state index contributed by atoms with van der Waals surface area (Å²) in [6.07, 6.45) is 2.01. The van der Waals surface area contributed by atoms with E-state index < -0.39 is 14.4 Å². The van der Waals surface area contributed by atoms with Gasteiger partial charge in [0.05, 0.1) is 21.5 Å². The average molecular weight is 268 g/mol. The van der Waals surface area contributed by atoms with E-state index in [4.69, 9.17) is 16.3 Å². The van der Waals surface area contributed by atoms with Crippen molar-refractivity contribution in [3.8, 4) is 0 Å². The van der Waals surface area contributed by atoms with E-state index in [9.17, 15) is 4.57 Å². The maximum atomic E-state index is 12.4. The van der Waals surface area contributed by atoms with Crippen LogP contribution in [0.3, 0.4) is 0 Å². The second kappa shape index (κ2) is 9.09. The second-order valence-corrected chi connectivity index (χ2v) is 5.95. The van der Waals surface area contributed by atoms with E-state index in [0.29, 0.717) is 6.42 Å². The summed E-state index contributed by atoms with van der Waals surface area (Å²) < 4.78 is 43.3. The normalized spacial score (nSPS) is 15.2. The van der Waals surface area contributed by atoms with Crippen LogP contribution in [0.1, 0.15) is 63.0 Å². The number of unbranched alkanes of at least 4 members (excludes halogenated alkanes) is 2. The Morgan fingerprint density at radius 2 is 1.59 bits per heavy atom. The number of rotatable bonds is 10. The van der Waals surface area contributed by atoms with Gasteiger partial charge in [0.1, 0.15) is 0 Å². The van der Waals surface area contributed by atoms with E-state index in [-0.39, 0.29) is 18.6 Å². The lowest BCUT2D eigenvalue weighted by Crippen LogP contribution is -2.10. The lowest BCUT2D eigenvalue weighted by atomic mass is 10.2. The van der Waals surface area contributed by atoms with Crippen LogP contribution in [0.5, 0.6) is 0 Å². The van der Waals surface area contributed by atoms with E-state index >= 15 is 0 Å². The fourth-order valence-electron chi connectivity index (χ4n) is 1.16. The van der Waals surface area contributed by atoms with Gasteiger partial charge in [0.25, 0.3) is 0 Å². The van der Waals surface area contributed by atoms with Crippen molar-refractivity contribution in [2.75, 3.05) is 6.56 Å². The first-order valence-corrected chi connectivity index (χ1v) is 7.74. The van der Waals surface area contributed by atoms with Gasteiger partial charge >= 0.3 is 7.82 Å². The van der Waals surface area contributed by atoms with Gasteiger partial charge in [-0.2, -0.15) is 0 Å². The molecule has 0 aliphatic rings. The highest BCUT2D eigenvalue weighted by Gasteiger charge is 2.29. The Hall–Kier alpha value is 0.110. The highest BCUT2D eigenvalue weighted by Crippen LogP contribution is 2.51. The molecule has 0 spiro atoms. The molecule has 0 unspecified atom stereocenters. The summed E-state index contributed by atoms with van der Waals surface area (Å²) in [5, 5.41) is 0. The molecule has 4 nitrogen and oxygen atoms in total. The summed E-state index contributed by atoms with van der Waals surface area (Å²) in [5.74, 6) is 0. The first-order valence-electron chi connectivity index (χ1n) is 7.28. The summed E-state index contributed by atoms with van der Waals surface area (Å²) in [7, 11) is -3.88. The summed E-state index contributed by atoms with van der Waals surface area (Å²) >= 11 is 0. The van der Waals surface area contributed by atoms with E-state index in [1.807, 2.05) is 6.92 Å². The lowest BCUT2D eigenvalue weighted by Gasteiger charge is -2.21. The molecule has 104 valence electrons. The Labute approximate surface area is 108 Å².